The summed E-state index contributed by atoms with van der Waals surface area (Å²) in [5.41, 5.74) is 7.12. The number of hydrogen-bond acceptors (Lipinski definition) is 7. The Labute approximate surface area is 176 Å². The average molecular weight is 435 g/mol. The van der Waals surface area contributed by atoms with Gasteiger partial charge in [-0.05, 0) is 19.1 Å². The normalized spacial score (nSPS) is 18.6. The van der Waals surface area contributed by atoms with Crippen LogP contribution in [0.25, 0.3) is 11.4 Å². The van der Waals surface area contributed by atoms with Gasteiger partial charge < -0.3 is 25.1 Å². The minimum atomic E-state index is -2.71. The van der Waals surface area contributed by atoms with E-state index >= 15 is 0 Å². The van der Waals surface area contributed by atoms with Gasteiger partial charge in [0, 0.05) is 18.0 Å². The molecule has 1 aromatic heterocycles. The summed E-state index contributed by atoms with van der Waals surface area (Å²) < 4.78 is 39.6. The molecular weight excluding hydrogens is 416 g/mol. The number of aromatic nitrogens is 2. The van der Waals surface area contributed by atoms with E-state index in [9.17, 15) is 13.6 Å². The number of carbonyl (C=O) groups excluding carboxylic acids is 1. The van der Waals surface area contributed by atoms with Gasteiger partial charge in [-0.25, -0.2) is 18.6 Å². The first-order valence-electron chi connectivity index (χ1n) is 9.24. The predicted octanol–water partition coefficient (Wildman–Crippen LogP) is 2.17. The topological polar surface area (TPSA) is 94.6 Å². The van der Waals surface area contributed by atoms with Crippen molar-refractivity contribution in [2.24, 2.45) is 5.73 Å². The number of rotatable bonds is 5. The summed E-state index contributed by atoms with van der Waals surface area (Å²) >= 11 is 4.99. The first-order valence-corrected chi connectivity index (χ1v) is 9.65. The van der Waals surface area contributed by atoms with E-state index < -0.39 is 12.5 Å². The van der Waals surface area contributed by atoms with Crippen LogP contribution >= 0.6 is 12.2 Å². The van der Waals surface area contributed by atoms with Crippen LogP contribution in [0.4, 0.5) is 20.3 Å². The van der Waals surface area contributed by atoms with Gasteiger partial charge in [0.2, 0.25) is 0 Å². The summed E-state index contributed by atoms with van der Waals surface area (Å²) in [6, 6.07) is 3.96. The number of anilines is 2. The molecule has 0 radical (unpaired) electrons. The second-order valence-corrected chi connectivity index (χ2v) is 7.41. The highest BCUT2D eigenvalue weighted by atomic mass is 32.1. The molecule has 30 heavy (non-hydrogen) atoms. The van der Waals surface area contributed by atoms with Gasteiger partial charge in [0.05, 0.1) is 23.1 Å². The van der Waals surface area contributed by atoms with E-state index in [1.54, 1.807) is 16.7 Å². The van der Waals surface area contributed by atoms with E-state index in [2.05, 4.69) is 10.3 Å². The summed E-state index contributed by atoms with van der Waals surface area (Å²) in [6.45, 7) is 2.36. The summed E-state index contributed by atoms with van der Waals surface area (Å²) in [5, 5.41) is 3.19. The number of hydrogen-bond donors (Lipinski definition) is 2. The fourth-order valence-electron chi connectivity index (χ4n) is 3.39. The van der Waals surface area contributed by atoms with Crippen LogP contribution in [0.5, 0.6) is 5.75 Å². The number of imidazole rings is 1. The highest BCUT2D eigenvalue weighted by Gasteiger charge is 2.40. The van der Waals surface area contributed by atoms with Crippen molar-refractivity contribution in [1.29, 1.82) is 0 Å². The van der Waals surface area contributed by atoms with Gasteiger partial charge in [-0.2, -0.15) is 0 Å². The molecule has 8 nitrogen and oxygen atoms in total. The molecule has 0 unspecified atom stereocenters. The molecule has 158 valence electrons. The minimum absolute atomic E-state index is 0.198. The molecule has 3 N–H and O–H groups in total. The Hall–Kier alpha value is -3.17. The molecule has 2 aliphatic heterocycles. The number of thiocarbonyl (C=S) groups is 1. The van der Waals surface area contributed by atoms with Crippen LogP contribution in [0.3, 0.4) is 0 Å². The lowest BCUT2D eigenvalue weighted by molar-refractivity contribution is 0.104. The van der Waals surface area contributed by atoms with Crippen LogP contribution in [0, 0.1) is 0 Å². The van der Waals surface area contributed by atoms with Crippen molar-refractivity contribution < 1.29 is 23.0 Å². The smallest absolute Gasteiger partial charge is 0.284 e. The van der Waals surface area contributed by atoms with Crippen LogP contribution in [0.2, 0.25) is 0 Å². The molecule has 0 spiro atoms. The molecule has 2 atom stereocenters. The van der Waals surface area contributed by atoms with Gasteiger partial charge >= 0.3 is 0 Å². The average Bonchev–Trinajstić information content (AvgIpc) is 3.28. The lowest BCUT2D eigenvalue weighted by atomic mass is 10.1. The third-order valence-electron chi connectivity index (χ3n) is 4.95. The van der Waals surface area contributed by atoms with Crippen molar-refractivity contribution in [2.75, 3.05) is 23.4 Å². The zero-order valence-electron chi connectivity index (χ0n) is 16.0. The van der Waals surface area contributed by atoms with Crippen molar-refractivity contribution in [1.82, 2.24) is 9.55 Å². The second-order valence-electron chi connectivity index (χ2n) is 6.93. The summed E-state index contributed by atoms with van der Waals surface area (Å²) in [7, 11) is 0. The Morgan fingerprint density at radius 3 is 2.93 bits per heavy atom. The predicted molar refractivity (Wildman–Crippen MR) is 110 cm³/mol. The molecule has 0 amide bonds. The Bertz CT molecular complexity index is 1040. The van der Waals surface area contributed by atoms with Gasteiger partial charge in [0.25, 0.3) is 12.3 Å². The number of nitrogens with zero attached hydrogens (tertiary/aromatic N) is 3. The third-order valence-corrected chi connectivity index (χ3v) is 5.31. The highest BCUT2D eigenvalue weighted by molar-refractivity contribution is 7.80. The van der Waals surface area contributed by atoms with E-state index in [4.69, 9.17) is 27.4 Å². The molecular formula is C19H19F2N5O3S. The third kappa shape index (κ3) is 3.57. The monoisotopic (exact) mass is 435 g/mol. The van der Waals surface area contributed by atoms with Crippen molar-refractivity contribution in [3.8, 4) is 17.1 Å². The minimum Gasteiger partial charge on any atom is -0.491 e. The number of halogens is 2. The summed E-state index contributed by atoms with van der Waals surface area (Å²) in [5.74, 6) is 2.60. The van der Waals surface area contributed by atoms with Gasteiger partial charge in [0.1, 0.15) is 30.8 Å². The fourth-order valence-corrected chi connectivity index (χ4v) is 3.45. The zero-order valence-corrected chi connectivity index (χ0v) is 16.8. The number of ether oxygens (including phenoxy) is 2. The summed E-state index contributed by atoms with van der Waals surface area (Å²) in [4.78, 5) is 17.1. The van der Waals surface area contributed by atoms with Crippen LogP contribution in [0.15, 0.2) is 30.3 Å². The zero-order chi connectivity index (χ0) is 21.4. The van der Waals surface area contributed by atoms with Crippen molar-refractivity contribution >= 4 is 34.7 Å². The molecule has 0 saturated carbocycles. The maximum Gasteiger partial charge on any atom is 0.284 e. The molecule has 1 fully saturated rings. The molecule has 2 aromatic rings. The highest BCUT2D eigenvalue weighted by Crippen LogP contribution is 2.37. The summed E-state index contributed by atoms with van der Waals surface area (Å²) in [6.07, 6.45) is -1.10. The van der Waals surface area contributed by atoms with Gasteiger partial charge in [0.15, 0.2) is 11.8 Å². The fraction of sp³-hybridized carbons (Fsp3) is 0.368. The molecule has 1 saturated heterocycles. The van der Waals surface area contributed by atoms with Gasteiger partial charge in [-0.3, -0.25) is 4.90 Å². The molecule has 11 heteroatoms. The number of alkyl halides is 2. The molecule has 3 heterocycles. The van der Waals surface area contributed by atoms with E-state index in [0.29, 0.717) is 35.3 Å². The van der Waals surface area contributed by atoms with E-state index in [1.807, 2.05) is 25.1 Å². The maximum atomic E-state index is 13.4. The second kappa shape index (κ2) is 7.92. The van der Waals surface area contributed by atoms with E-state index in [1.165, 1.54) is 0 Å². The van der Waals surface area contributed by atoms with Crippen molar-refractivity contribution in [3.05, 3.63) is 30.3 Å². The molecule has 1 aromatic carbocycles. The van der Waals surface area contributed by atoms with Crippen LogP contribution in [-0.4, -0.2) is 52.2 Å². The Balaban J connectivity index is 1.71. The van der Waals surface area contributed by atoms with Gasteiger partial charge in [-0.1, -0.05) is 12.2 Å². The van der Waals surface area contributed by atoms with Gasteiger partial charge in [-0.15, -0.1) is 0 Å². The number of nitrogens with two attached hydrogens (primary N) is 1. The van der Waals surface area contributed by atoms with Crippen LogP contribution < -0.4 is 20.7 Å². The van der Waals surface area contributed by atoms with E-state index in [0.717, 1.165) is 10.6 Å². The van der Waals surface area contributed by atoms with Crippen LogP contribution in [0.1, 0.15) is 6.92 Å². The maximum absolute atomic E-state index is 13.4. The molecule has 4 rings (SSSR count). The van der Waals surface area contributed by atoms with Crippen molar-refractivity contribution in [3.63, 3.8) is 0 Å². The van der Waals surface area contributed by atoms with E-state index in [-0.39, 0.29) is 24.3 Å². The standard InChI is InChI=1S/C19H19F2N5O3S/c1-10(18(22)30)23-11-2-3-12-14(6-11)28-5-4-25-7-15(24-19(12)25)26-13(17(20)21)9-29-16(26)8-27/h2-3,6-7,10,13,17,23H,4-5,9H2,1H3,(H2,22,30)/t10-,13-/m0/s1. The number of benzene rings is 1. The quantitative estimate of drug-likeness (QED) is 0.545. The SMILES string of the molecule is C[C@H](Nc1ccc2c(c1)OCCn1cc(N3C(=C=O)OC[C@H]3C(F)F)nc1-2)C(N)=S. The Morgan fingerprint density at radius 1 is 1.43 bits per heavy atom. The first-order chi connectivity index (χ1) is 14.4. The molecule has 0 aliphatic carbocycles. The number of fused-ring (bicyclic) bond motifs is 3. The first kappa shape index (κ1) is 20.1. The number of nitrogens with one attached hydrogen (secondary N) is 1. The lowest BCUT2D eigenvalue weighted by Gasteiger charge is -2.19. The molecule has 0 bridgehead atoms. The van der Waals surface area contributed by atoms with Crippen molar-refractivity contribution in [2.45, 2.75) is 32.0 Å². The Kier molecular flexibility index (Phi) is 5.31. The molecule has 2 aliphatic rings. The Morgan fingerprint density at radius 2 is 2.23 bits per heavy atom. The largest absolute Gasteiger partial charge is 0.491 e. The lowest BCUT2D eigenvalue weighted by Crippen LogP contribution is -2.36. The van der Waals surface area contributed by atoms with Crippen LogP contribution in [-0.2, 0) is 16.1 Å².